The molecule has 0 amide bonds. The van der Waals surface area contributed by atoms with Crippen molar-refractivity contribution in [1.82, 2.24) is 0 Å². The highest BCUT2D eigenvalue weighted by atomic mass is 16.5. The smallest absolute Gasteiger partial charge is 0.150 e. The Morgan fingerprint density at radius 2 is 0.932 bits per heavy atom. The number of carbonyl (C=O) groups excluding carboxylic acids is 2. The van der Waals surface area contributed by atoms with Gasteiger partial charge in [0.05, 0.1) is 7.11 Å². The number of fused-ring (bicyclic) bond motifs is 3. The Bertz CT molecular complexity index is 2070. The maximum atomic E-state index is 11.5. The molecule has 0 aliphatic heterocycles. The minimum atomic E-state index is 0. The van der Waals surface area contributed by atoms with Crippen molar-refractivity contribution >= 4 is 44.9 Å². The molecule has 7 rings (SSSR count). The minimum absolute atomic E-state index is 0. The highest BCUT2D eigenvalue weighted by molar-refractivity contribution is 6.06. The number of benzene rings is 7. The van der Waals surface area contributed by atoms with E-state index in [2.05, 4.69) is 42.5 Å². The Morgan fingerprint density at radius 1 is 0.455 bits per heavy atom. The summed E-state index contributed by atoms with van der Waals surface area (Å²) in [5.41, 5.74) is 5.46. The number of rotatable bonds is 5. The molecule has 0 atom stereocenters. The van der Waals surface area contributed by atoms with Crippen LogP contribution in [0.25, 0.3) is 54.6 Å². The van der Waals surface area contributed by atoms with Gasteiger partial charge < -0.3 is 4.74 Å². The van der Waals surface area contributed by atoms with Crippen LogP contribution in [-0.2, 0) is 0 Å². The van der Waals surface area contributed by atoms with Gasteiger partial charge in [-0.1, -0.05) is 136 Å². The Balaban J connectivity index is 0.000000193. The zero-order chi connectivity index (χ0) is 28.9. The number of methoxy groups -OCH3 is 1. The lowest BCUT2D eigenvalue weighted by molar-refractivity contribution is 0.111. The topological polar surface area (TPSA) is 43.4 Å². The van der Waals surface area contributed by atoms with Gasteiger partial charge in [-0.3, -0.25) is 9.59 Å². The van der Waals surface area contributed by atoms with E-state index in [9.17, 15) is 9.59 Å². The summed E-state index contributed by atoms with van der Waals surface area (Å²) in [5.74, 6) is 0.785. The molecule has 7 aromatic rings. The molecule has 0 saturated heterocycles. The van der Waals surface area contributed by atoms with Crippen LogP contribution >= 0.6 is 0 Å². The van der Waals surface area contributed by atoms with E-state index in [0.717, 1.165) is 67.7 Å². The van der Waals surface area contributed by atoms with Gasteiger partial charge in [0.25, 0.3) is 0 Å². The summed E-state index contributed by atoms with van der Waals surface area (Å²) in [7, 11) is 1.64. The normalized spacial score (nSPS) is 10.2. The number of hydrogen-bond acceptors (Lipinski definition) is 3. The van der Waals surface area contributed by atoms with Crippen LogP contribution in [0.5, 0.6) is 5.75 Å². The molecule has 0 saturated carbocycles. The SMILES string of the molecule is C.C.COc1cccc(-c2c(C=O)ccc3ccccc23)c1.O=Cc1ccc2ccccc2c1-c1ccc2ccccc2c1. The van der Waals surface area contributed by atoms with Crippen LogP contribution in [0.15, 0.2) is 140 Å². The fourth-order valence-corrected chi connectivity index (χ4v) is 5.54. The van der Waals surface area contributed by atoms with Crippen LogP contribution in [0, 0.1) is 0 Å². The van der Waals surface area contributed by atoms with Crippen molar-refractivity contribution in [3.63, 3.8) is 0 Å². The first kappa shape index (κ1) is 31.4. The molecule has 0 aliphatic carbocycles. The van der Waals surface area contributed by atoms with Gasteiger partial charge in [0, 0.05) is 22.3 Å². The Morgan fingerprint density at radius 3 is 1.48 bits per heavy atom. The van der Waals surface area contributed by atoms with Crippen molar-refractivity contribution in [3.05, 3.63) is 151 Å². The van der Waals surface area contributed by atoms with Crippen LogP contribution in [-0.4, -0.2) is 19.7 Å². The van der Waals surface area contributed by atoms with Crippen LogP contribution in [0.2, 0.25) is 0 Å². The zero-order valence-electron chi connectivity index (χ0n) is 23.2. The predicted octanol–water partition coefficient (Wildman–Crippen LogP) is 11.1. The van der Waals surface area contributed by atoms with Crippen molar-refractivity contribution in [2.75, 3.05) is 7.11 Å². The first-order valence-electron chi connectivity index (χ1n) is 13.8. The third-order valence-corrected chi connectivity index (χ3v) is 7.57. The standard InChI is InChI=1S/C21H14O.C18H14O2.2CH4/c22-14-19-12-10-16-6-3-4-8-20(16)21(19)18-11-9-15-5-1-2-7-17(15)13-18;1-20-16-7-4-6-14(11-16)18-15(12-19)10-9-13-5-2-3-8-17(13)18;;/h1-14H;2-12H,1H3;2*1H4. The van der Waals surface area contributed by atoms with Crippen LogP contribution in [0.4, 0.5) is 0 Å². The van der Waals surface area contributed by atoms with Crippen molar-refractivity contribution in [1.29, 1.82) is 0 Å². The Kier molecular flexibility index (Phi) is 10.1. The fourth-order valence-electron chi connectivity index (χ4n) is 5.54. The molecule has 7 aromatic carbocycles. The third-order valence-electron chi connectivity index (χ3n) is 7.57. The first-order valence-corrected chi connectivity index (χ1v) is 13.8. The summed E-state index contributed by atoms with van der Waals surface area (Å²) in [6.07, 6.45) is 1.85. The van der Waals surface area contributed by atoms with Gasteiger partial charge in [-0.05, 0) is 61.6 Å². The molecule has 3 nitrogen and oxygen atoms in total. The van der Waals surface area contributed by atoms with E-state index in [-0.39, 0.29) is 14.9 Å². The molecule has 0 aliphatic rings. The molecule has 0 N–H and O–H groups in total. The number of aldehydes is 2. The predicted molar refractivity (Wildman–Crippen MR) is 187 cm³/mol. The second kappa shape index (κ2) is 14.1. The summed E-state index contributed by atoms with van der Waals surface area (Å²) in [6, 6.07) is 46.4. The van der Waals surface area contributed by atoms with Crippen molar-refractivity contribution in [2.24, 2.45) is 0 Å². The fraction of sp³-hybridized carbons (Fsp3) is 0.0732. The summed E-state index contributed by atoms with van der Waals surface area (Å²) in [6.45, 7) is 0. The van der Waals surface area contributed by atoms with Gasteiger partial charge in [0.1, 0.15) is 5.75 Å². The van der Waals surface area contributed by atoms with E-state index >= 15 is 0 Å². The van der Waals surface area contributed by atoms with Crippen LogP contribution in [0.3, 0.4) is 0 Å². The van der Waals surface area contributed by atoms with E-state index in [1.165, 1.54) is 10.8 Å². The summed E-state index contributed by atoms with van der Waals surface area (Å²) < 4.78 is 5.27. The van der Waals surface area contributed by atoms with Gasteiger partial charge in [-0.25, -0.2) is 0 Å². The van der Waals surface area contributed by atoms with Gasteiger partial charge in [0.2, 0.25) is 0 Å². The van der Waals surface area contributed by atoms with Gasteiger partial charge in [0.15, 0.2) is 12.6 Å². The second-order valence-corrected chi connectivity index (χ2v) is 10.0. The molecular weight excluding hydrogens is 540 g/mol. The highest BCUT2D eigenvalue weighted by Gasteiger charge is 2.11. The molecule has 0 radical (unpaired) electrons. The molecule has 0 heterocycles. The Hall–Kier alpha value is -5.54. The third kappa shape index (κ3) is 6.13. The summed E-state index contributed by atoms with van der Waals surface area (Å²) in [5, 5.41) is 6.85. The van der Waals surface area contributed by atoms with Crippen molar-refractivity contribution < 1.29 is 14.3 Å². The lowest BCUT2D eigenvalue weighted by atomic mass is 9.92. The number of hydrogen-bond donors (Lipinski definition) is 0. The Labute approximate surface area is 259 Å². The molecule has 0 fully saturated rings. The van der Waals surface area contributed by atoms with E-state index in [1.807, 2.05) is 97.1 Å². The average molecular weight is 577 g/mol. The summed E-state index contributed by atoms with van der Waals surface area (Å²) in [4.78, 5) is 22.9. The lowest BCUT2D eigenvalue weighted by Crippen LogP contribution is -1.91. The van der Waals surface area contributed by atoms with E-state index in [1.54, 1.807) is 7.11 Å². The highest BCUT2D eigenvalue weighted by Crippen LogP contribution is 2.34. The molecule has 0 spiro atoms. The van der Waals surface area contributed by atoms with Gasteiger partial charge in [-0.2, -0.15) is 0 Å². The zero-order valence-corrected chi connectivity index (χ0v) is 23.2. The maximum Gasteiger partial charge on any atom is 0.150 e. The monoisotopic (exact) mass is 576 g/mol. The molecule has 3 heteroatoms. The minimum Gasteiger partial charge on any atom is -0.497 e. The van der Waals surface area contributed by atoms with E-state index in [0.29, 0.717) is 5.56 Å². The van der Waals surface area contributed by atoms with E-state index < -0.39 is 0 Å². The molecule has 0 aromatic heterocycles. The maximum absolute atomic E-state index is 11.5. The molecule has 218 valence electrons. The lowest BCUT2D eigenvalue weighted by Gasteiger charge is -2.11. The largest absolute Gasteiger partial charge is 0.497 e. The van der Waals surface area contributed by atoms with Crippen molar-refractivity contribution in [3.8, 4) is 28.0 Å². The van der Waals surface area contributed by atoms with Gasteiger partial charge in [-0.15, -0.1) is 0 Å². The van der Waals surface area contributed by atoms with Gasteiger partial charge >= 0.3 is 0 Å². The van der Waals surface area contributed by atoms with Crippen LogP contribution < -0.4 is 4.74 Å². The first-order chi connectivity index (χ1) is 20.7. The molecule has 0 unspecified atom stereocenters. The number of ether oxygens (including phenoxy) is 1. The van der Waals surface area contributed by atoms with Crippen molar-refractivity contribution in [2.45, 2.75) is 14.9 Å². The van der Waals surface area contributed by atoms with Crippen LogP contribution in [0.1, 0.15) is 35.6 Å². The molecule has 44 heavy (non-hydrogen) atoms. The summed E-state index contributed by atoms with van der Waals surface area (Å²) >= 11 is 0. The second-order valence-electron chi connectivity index (χ2n) is 10.0. The quantitative estimate of drug-likeness (QED) is 0.191. The number of carbonyl (C=O) groups is 2. The average Bonchev–Trinajstić information content (AvgIpc) is 3.07. The molecular formula is C41H36O3. The molecule has 0 bridgehead atoms. The van der Waals surface area contributed by atoms with E-state index in [4.69, 9.17) is 4.74 Å².